The van der Waals surface area contributed by atoms with Gasteiger partial charge in [-0.2, -0.15) is 0 Å². The number of oxazole rings is 1. The summed E-state index contributed by atoms with van der Waals surface area (Å²) in [4.78, 5) is 38.3. The van der Waals surface area contributed by atoms with Gasteiger partial charge in [-0.25, -0.2) is 27.5 Å². The number of fused-ring (bicyclic) bond motifs is 2. The maximum absolute atomic E-state index is 12.8. The first-order valence-electron chi connectivity index (χ1n) is 11.7. The number of rotatable bonds is 8. The van der Waals surface area contributed by atoms with Crippen LogP contribution in [0.2, 0.25) is 5.02 Å². The normalized spacial score (nSPS) is 19.8. The smallest absolute Gasteiger partial charge is 0.326 e. The largest absolute Gasteiger partial charge is 0.431 e. The number of thioether (sulfide) groups is 1. The van der Waals surface area contributed by atoms with Gasteiger partial charge in [-0.15, -0.1) is 0 Å². The third-order valence-electron chi connectivity index (χ3n) is 6.36. The van der Waals surface area contributed by atoms with E-state index in [0.29, 0.717) is 39.5 Å². The number of nitrogens with one attached hydrogen (secondary N) is 1. The average molecular weight is 577 g/mol. The number of carbonyl (C=O) groups is 2. The fraction of sp³-hybridized carbons (Fsp3) is 0.333. The lowest BCUT2D eigenvalue weighted by Gasteiger charge is -2.38. The van der Waals surface area contributed by atoms with Gasteiger partial charge in [0.05, 0.1) is 10.6 Å². The molecule has 0 spiro atoms. The highest BCUT2D eigenvalue weighted by atomic mass is 35.5. The Bertz CT molecular complexity index is 1540. The van der Waals surface area contributed by atoms with Crippen molar-refractivity contribution in [1.29, 1.82) is 0 Å². The molecule has 14 heteroatoms. The Hall–Kier alpha value is -3.13. The van der Waals surface area contributed by atoms with E-state index in [1.807, 2.05) is 24.0 Å². The Morgan fingerprint density at radius 2 is 1.87 bits per heavy atom. The van der Waals surface area contributed by atoms with Crippen molar-refractivity contribution >= 4 is 62.3 Å². The van der Waals surface area contributed by atoms with Crippen LogP contribution in [0.3, 0.4) is 0 Å². The second-order valence-corrected chi connectivity index (χ2v) is 12.4. The second kappa shape index (κ2) is 10.2. The highest BCUT2D eigenvalue weighted by molar-refractivity contribution is 7.99. The van der Waals surface area contributed by atoms with E-state index in [2.05, 4.69) is 10.3 Å². The van der Waals surface area contributed by atoms with Gasteiger partial charge < -0.3 is 9.32 Å². The molecule has 0 saturated carbocycles. The molecule has 0 aliphatic carbocycles. The summed E-state index contributed by atoms with van der Waals surface area (Å²) in [5, 5.41) is 3.38. The molecule has 1 N–H and O–H groups in total. The Balaban J connectivity index is 1.37. The Morgan fingerprint density at radius 1 is 1.13 bits per heavy atom. The maximum Gasteiger partial charge on any atom is 0.326 e. The van der Waals surface area contributed by atoms with Crippen molar-refractivity contribution in [1.82, 2.24) is 24.4 Å². The molecule has 11 nitrogen and oxygen atoms in total. The molecular formula is C24H25ClN6O5S2. The molecule has 2 aliphatic heterocycles. The SMILES string of the molecule is CCN1C(CSc2nc3cc(S(=O)(=O)N(C)C)ccc3o2)=NC2C1C(=O)NC(=O)N2Cc1ccc(Cl)cc1. The predicted molar refractivity (Wildman–Crippen MR) is 144 cm³/mol. The molecule has 2 unspecified atom stereocenters. The molecule has 2 aliphatic rings. The zero-order chi connectivity index (χ0) is 27.2. The molecule has 3 aromatic rings. The van der Waals surface area contributed by atoms with Gasteiger partial charge in [0.1, 0.15) is 11.4 Å². The summed E-state index contributed by atoms with van der Waals surface area (Å²) in [5.74, 6) is 0.582. The minimum Gasteiger partial charge on any atom is -0.431 e. The number of halogens is 1. The Morgan fingerprint density at radius 3 is 2.55 bits per heavy atom. The van der Waals surface area contributed by atoms with Gasteiger partial charge in [0, 0.05) is 32.2 Å². The number of sulfonamides is 1. The number of aromatic nitrogens is 1. The molecule has 3 heterocycles. The van der Waals surface area contributed by atoms with Crippen LogP contribution in [0.25, 0.3) is 11.1 Å². The van der Waals surface area contributed by atoms with E-state index in [4.69, 9.17) is 21.0 Å². The predicted octanol–water partition coefficient (Wildman–Crippen LogP) is 3.00. The number of nitrogens with zero attached hydrogens (tertiary/aromatic N) is 5. The van der Waals surface area contributed by atoms with Crippen LogP contribution in [-0.2, 0) is 21.4 Å². The van der Waals surface area contributed by atoms with Crippen molar-refractivity contribution in [2.24, 2.45) is 4.99 Å². The van der Waals surface area contributed by atoms with Crippen LogP contribution in [0.5, 0.6) is 0 Å². The van der Waals surface area contributed by atoms with E-state index >= 15 is 0 Å². The quantitative estimate of drug-likeness (QED) is 0.405. The molecule has 1 saturated heterocycles. The van der Waals surface area contributed by atoms with Crippen LogP contribution >= 0.6 is 23.4 Å². The Labute approximate surface area is 228 Å². The molecular weight excluding hydrogens is 552 g/mol. The lowest BCUT2D eigenvalue weighted by molar-refractivity contribution is -0.127. The van der Waals surface area contributed by atoms with Gasteiger partial charge in [0.25, 0.3) is 11.1 Å². The van der Waals surface area contributed by atoms with Gasteiger partial charge >= 0.3 is 6.03 Å². The molecule has 2 aromatic carbocycles. The van der Waals surface area contributed by atoms with E-state index < -0.39 is 34.2 Å². The highest BCUT2D eigenvalue weighted by Crippen LogP contribution is 2.31. The molecule has 1 fully saturated rings. The third kappa shape index (κ3) is 4.86. The molecule has 3 amide bonds. The number of aliphatic imine (C=N–C) groups is 1. The third-order valence-corrected chi connectivity index (χ3v) is 9.25. The van der Waals surface area contributed by atoms with Crippen LogP contribution < -0.4 is 5.32 Å². The maximum atomic E-state index is 12.8. The highest BCUT2D eigenvalue weighted by Gasteiger charge is 2.49. The van der Waals surface area contributed by atoms with Crippen LogP contribution in [0, 0.1) is 0 Å². The number of amidine groups is 1. The molecule has 0 radical (unpaired) electrons. The lowest BCUT2D eigenvalue weighted by atomic mass is 10.1. The van der Waals surface area contributed by atoms with Crippen molar-refractivity contribution in [3.05, 3.63) is 53.1 Å². The zero-order valence-corrected chi connectivity index (χ0v) is 23.2. The summed E-state index contributed by atoms with van der Waals surface area (Å²) in [5.41, 5.74) is 1.74. The van der Waals surface area contributed by atoms with Gasteiger partial charge in [-0.05, 0) is 42.8 Å². The molecule has 0 bridgehead atoms. The Kier molecular flexibility index (Phi) is 7.11. The number of amides is 3. The fourth-order valence-electron chi connectivity index (χ4n) is 4.40. The van der Waals surface area contributed by atoms with Gasteiger partial charge in [0.15, 0.2) is 17.8 Å². The summed E-state index contributed by atoms with van der Waals surface area (Å²) in [6.45, 7) is 2.69. The zero-order valence-electron chi connectivity index (χ0n) is 20.8. The van der Waals surface area contributed by atoms with Gasteiger partial charge in [-0.3, -0.25) is 15.0 Å². The van der Waals surface area contributed by atoms with Gasteiger partial charge in [-0.1, -0.05) is 35.5 Å². The number of imide groups is 1. The minimum atomic E-state index is -3.60. The van der Waals surface area contributed by atoms with Crippen LogP contribution in [0.1, 0.15) is 12.5 Å². The van der Waals surface area contributed by atoms with Crippen molar-refractivity contribution < 1.29 is 22.4 Å². The van der Waals surface area contributed by atoms with Crippen molar-refractivity contribution in [3.8, 4) is 0 Å². The molecule has 38 heavy (non-hydrogen) atoms. The lowest BCUT2D eigenvalue weighted by Crippen LogP contribution is -2.64. The summed E-state index contributed by atoms with van der Waals surface area (Å²) in [6.07, 6.45) is -0.676. The number of benzene rings is 2. The average Bonchev–Trinajstić information content (AvgIpc) is 3.46. The van der Waals surface area contributed by atoms with Crippen LogP contribution in [-0.4, -0.2) is 83.9 Å². The number of likely N-dealkylation sites (N-methyl/N-ethyl adjacent to an activating group) is 1. The number of carbonyl (C=O) groups excluding carboxylic acids is 2. The molecule has 1 aromatic heterocycles. The fourth-order valence-corrected chi connectivity index (χ4v) is 6.26. The number of hydrogen-bond donors (Lipinski definition) is 1. The number of urea groups is 1. The molecule has 200 valence electrons. The second-order valence-electron chi connectivity index (χ2n) is 8.92. The molecule has 5 rings (SSSR count). The van der Waals surface area contributed by atoms with Crippen molar-refractivity contribution in [3.63, 3.8) is 0 Å². The van der Waals surface area contributed by atoms with Gasteiger partial charge in [0.2, 0.25) is 10.0 Å². The summed E-state index contributed by atoms with van der Waals surface area (Å²) < 4.78 is 31.9. The first kappa shape index (κ1) is 26.5. The van der Waals surface area contributed by atoms with Crippen LogP contribution in [0.4, 0.5) is 4.79 Å². The summed E-state index contributed by atoms with van der Waals surface area (Å²) in [6, 6.07) is 10.5. The topological polar surface area (TPSA) is 128 Å². The first-order valence-corrected chi connectivity index (χ1v) is 14.5. The summed E-state index contributed by atoms with van der Waals surface area (Å²) in [7, 11) is -0.673. The van der Waals surface area contributed by atoms with E-state index in [9.17, 15) is 18.0 Å². The van der Waals surface area contributed by atoms with Crippen LogP contribution in [0.15, 0.2) is 62.0 Å². The van der Waals surface area contributed by atoms with E-state index in [1.54, 1.807) is 23.1 Å². The number of hydrogen-bond acceptors (Lipinski definition) is 9. The first-order chi connectivity index (χ1) is 18.1. The van der Waals surface area contributed by atoms with E-state index in [-0.39, 0.29) is 11.4 Å². The van der Waals surface area contributed by atoms with E-state index in [1.165, 1.54) is 38.0 Å². The minimum absolute atomic E-state index is 0.123. The monoisotopic (exact) mass is 576 g/mol. The standard InChI is InChI=1S/C24H25ClN6O5S2/c1-4-30-19(13-37-24-26-17-11-16(9-10-18(17)36-24)38(34,35)29(2)3)27-21-20(30)22(32)28-23(33)31(21)12-14-5-7-15(25)8-6-14/h5-11,20-21H,4,12-13H2,1-3H3,(H,28,32,33). The van der Waals surface area contributed by atoms with E-state index in [0.717, 1.165) is 9.87 Å². The summed E-state index contributed by atoms with van der Waals surface area (Å²) >= 11 is 7.27. The van der Waals surface area contributed by atoms with Crippen molar-refractivity contribution in [2.45, 2.75) is 35.8 Å². The molecule has 2 atom stereocenters. The van der Waals surface area contributed by atoms with Crippen molar-refractivity contribution in [2.75, 3.05) is 26.4 Å².